The van der Waals surface area contributed by atoms with Crippen LogP contribution in [0.2, 0.25) is 0 Å². The van der Waals surface area contributed by atoms with Gasteiger partial charge in [-0.15, -0.1) is 6.42 Å². The van der Waals surface area contributed by atoms with E-state index in [2.05, 4.69) is 126 Å². The van der Waals surface area contributed by atoms with Crippen LogP contribution in [0, 0.1) is 17.8 Å². The van der Waals surface area contributed by atoms with E-state index in [4.69, 9.17) is 11.2 Å². The van der Waals surface area contributed by atoms with Crippen molar-refractivity contribution in [1.82, 2.24) is 15.1 Å². The Morgan fingerprint density at radius 1 is 1.03 bits per heavy atom. The van der Waals surface area contributed by atoms with Gasteiger partial charge in [0.1, 0.15) is 6.61 Å². The van der Waals surface area contributed by atoms with Gasteiger partial charge in [0.25, 0.3) is 0 Å². The number of ether oxygens (including phenoxy) is 1. The molecule has 1 heterocycles. The van der Waals surface area contributed by atoms with E-state index in [1.807, 2.05) is 0 Å². The molecule has 0 radical (unpaired) electrons. The van der Waals surface area contributed by atoms with Gasteiger partial charge in [-0.25, -0.2) is 0 Å². The minimum atomic E-state index is -0.102. The Balaban J connectivity index is 1.60. The number of nitrogens with zero attached hydrogens (tertiary/aromatic N) is 2. The van der Waals surface area contributed by atoms with Gasteiger partial charge in [-0.05, 0) is 30.7 Å². The molecule has 3 atom stereocenters. The quantitative estimate of drug-likeness (QED) is 0.331. The Morgan fingerprint density at radius 2 is 1.66 bits per heavy atom. The standard InChI is InChI=1S/C31H37N3O/c1-4-20-35-25-31(22-32-30(33(3)23-31)29-18-12-7-13-19-29)24-34(21-27-14-8-5-9-15-27)26(2)28-16-10-6-11-17-28/h1,5-19,26,30,32H,20-25H2,2-3H3. The summed E-state index contributed by atoms with van der Waals surface area (Å²) in [6, 6.07) is 32.4. The molecule has 0 amide bonds. The fraction of sp³-hybridized carbons (Fsp3) is 0.355. The molecular formula is C31H37N3O. The highest BCUT2D eigenvalue weighted by molar-refractivity contribution is 5.22. The van der Waals surface area contributed by atoms with Crippen molar-refractivity contribution in [3.05, 3.63) is 108 Å². The van der Waals surface area contributed by atoms with E-state index in [1.165, 1.54) is 16.7 Å². The first-order valence-electron chi connectivity index (χ1n) is 12.4. The van der Waals surface area contributed by atoms with E-state index in [0.717, 1.165) is 26.2 Å². The van der Waals surface area contributed by atoms with Crippen molar-refractivity contribution in [2.75, 3.05) is 39.9 Å². The molecule has 3 unspecified atom stereocenters. The molecule has 0 saturated carbocycles. The molecule has 1 fully saturated rings. The van der Waals surface area contributed by atoms with Crippen LogP contribution in [0.1, 0.15) is 35.8 Å². The largest absolute Gasteiger partial charge is 0.368 e. The zero-order valence-corrected chi connectivity index (χ0v) is 20.9. The van der Waals surface area contributed by atoms with Gasteiger partial charge in [0.15, 0.2) is 0 Å². The predicted octanol–water partition coefficient (Wildman–Crippen LogP) is 5.12. The van der Waals surface area contributed by atoms with Gasteiger partial charge in [0.2, 0.25) is 0 Å². The Kier molecular flexibility index (Phi) is 8.74. The lowest BCUT2D eigenvalue weighted by Gasteiger charge is -2.49. The first kappa shape index (κ1) is 25.2. The minimum Gasteiger partial charge on any atom is -0.368 e. The van der Waals surface area contributed by atoms with E-state index in [-0.39, 0.29) is 17.6 Å². The van der Waals surface area contributed by atoms with E-state index in [9.17, 15) is 0 Å². The van der Waals surface area contributed by atoms with E-state index in [1.54, 1.807) is 0 Å². The molecule has 0 bridgehead atoms. The van der Waals surface area contributed by atoms with Gasteiger partial charge in [-0.2, -0.15) is 0 Å². The zero-order chi connectivity index (χ0) is 24.5. The van der Waals surface area contributed by atoms with Crippen molar-refractivity contribution in [3.63, 3.8) is 0 Å². The summed E-state index contributed by atoms with van der Waals surface area (Å²) in [5, 5.41) is 3.82. The lowest BCUT2D eigenvalue weighted by Crippen LogP contribution is -2.60. The lowest BCUT2D eigenvalue weighted by atomic mass is 9.83. The van der Waals surface area contributed by atoms with Gasteiger partial charge in [-0.3, -0.25) is 15.1 Å². The Hall–Kier alpha value is -2.94. The van der Waals surface area contributed by atoms with Crippen molar-refractivity contribution in [1.29, 1.82) is 0 Å². The van der Waals surface area contributed by atoms with Crippen molar-refractivity contribution in [2.45, 2.75) is 25.7 Å². The van der Waals surface area contributed by atoms with Crippen LogP contribution >= 0.6 is 0 Å². The van der Waals surface area contributed by atoms with Crippen molar-refractivity contribution in [2.24, 2.45) is 5.41 Å². The predicted molar refractivity (Wildman–Crippen MR) is 144 cm³/mol. The monoisotopic (exact) mass is 467 g/mol. The molecule has 0 aliphatic carbocycles. The second-order valence-electron chi connectivity index (χ2n) is 9.78. The van der Waals surface area contributed by atoms with Crippen LogP contribution in [0.15, 0.2) is 91.0 Å². The van der Waals surface area contributed by atoms with E-state index < -0.39 is 0 Å². The van der Waals surface area contributed by atoms with Crippen molar-refractivity contribution in [3.8, 4) is 12.3 Å². The second-order valence-corrected chi connectivity index (χ2v) is 9.78. The summed E-state index contributed by atoms with van der Waals surface area (Å²) in [6.07, 6.45) is 5.72. The molecule has 0 aromatic heterocycles. The van der Waals surface area contributed by atoms with E-state index in [0.29, 0.717) is 13.2 Å². The fourth-order valence-electron chi connectivity index (χ4n) is 5.25. The van der Waals surface area contributed by atoms with Gasteiger partial charge >= 0.3 is 0 Å². The fourth-order valence-corrected chi connectivity index (χ4v) is 5.25. The Labute approximate surface area is 210 Å². The molecule has 182 valence electrons. The summed E-state index contributed by atoms with van der Waals surface area (Å²) in [5.74, 6) is 2.64. The maximum atomic E-state index is 6.02. The molecule has 4 heteroatoms. The molecule has 4 nitrogen and oxygen atoms in total. The van der Waals surface area contributed by atoms with Crippen LogP contribution in [0.5, 0.6) is 0 Å². The smallest absolute Gasteiger partial charge is 0.107 e. The molecule has 4 rings (SSSR count). The second kappa shape index (κ2) is 12.2. The molecule has 0 spiro atoms. The van der Waals surface area contributed by atoms with Crippen molar-refractivity contribution < 1.29 is 4.74 Å². The first-order valence-corrected chi connectivity index (χ1v) is 12.4. The summed E-state index contributed by atoms with van der Waals surface area (Å²) in [6.45, 7) is 6.79. The number of nitrogens with one attached hydrogen (secondary N) is 1. The summed E-state index contributed by atoms with van der Waals surface area (Å²) in [7, 11) is 2.20. The molecule has 1 aliphatic rings. The normalized spacial score (nSPS) is 21.5. The average molecular weight is 468 g/mol. The Morgan fingerprint density at radius 3 is 2.29 bits per heavy atom. The molecular weight excluding hydrogens is 430 g/mol. The third kappa shape index (κ3) is 6.60. The van der Waals surface area contributed by atoms with Crippen molar-refractivity contribution >= 4 is 0 Å². The zero-order valence-electron chi connectivity index (χ0n) is 20.9. The highest BCUT2D eigenvalue weighted by Crippen LogP contribution is 2.33. The topological polar surface area (TPSA) is 27.7 Å². The lowest BCUT2D eigenvalue weighted by molar-refractivity contribution is -0.0381. The summed E-state index contributed by atoms with van der Waals surface area (Å²) in [5.41, 5.74) is 3.82. The van der Waals surface area contributed by atoms with Gasteiger partial charge in [0.05, 0.1) is 12.8 Å². The molecule has 3 aromatic rings. The third-order valence-corrected chi connectivity index (χ3v) is 7.00. The number of rotatable bonds is 10. The molecule has 1 saturated heterocycles. The van der Waals surface area contributed by atoms with Crippen LogP contribution in [0.3, 0.4) is 0 Å². The number of terminal acetylenes is 1. The van der Waals surface area contributed by atoms with Crippen LogP contribution in [-0.4, -0.2) is 49.7 Å². The Bertz CT molecular complexity index is 1070. The minimum absolute atomic E-state index is 0.102. The van der Waals surface area contributed by atoms with Crippen LogP contribution in [0.25, 0.3) is 0 Å². The SMILES string of the molecule is C#CCOCC1(CN(Cc2ccccc2)C(C)c2ccccc2)CNC(c2ccccc2)N(C)C1. The summed E-state index contributed by atoms with van der Waals surface area (Å²) < 4.78 is 6.02. The molecule has 1 aliphatic heterocycles. The van der Waals surface area contributed by atoms with Gasteiger partial charge in [0, 0.05) is 37.6 Å². The van der Waals surface area contributed by atoms with Gasteiger partial charge < -0.3 is 4.74 Å². The number of benzene rings is 3. The summed E-state index contributed by atoms with van der Waals surface area (Å²) >= 11 is 0. The molecule has 3 aromatic carbocycles. The third-order valence-electron chi connectivity index (χ3n) is 7.00. The maximum Gasteiger partial charge on any atom is 0.107 e. The molecule has 1 N–H and O–H groups in total. The summed E-state index contributed by atoms with van der Waals surface area (Å²) in [4.78, 5) is 4.99. The first-order chi connectivity index (χ1) is 17.1. The number of hydrogen-bond acceptors (Lipinski definition) is 4. The van der Waals surface area contributed by atoms with Crippen LogP contribution in [-0.2, 0) is 11.3 Å². The maximum absolute atomic E-state index is 6.02. The van der Waals surface area contributed by atoms with E-state index >= 15 is 0 Å². The van der Waals surface area contributed by atoms with Gasteiger partial charge in [-0.1, -0.05) is 96.9 Å². The highest BCUT2D eigenvalue weighted by atomic mass is 16.5. The highest BCUT2D eigenvalue weighted by Gasteiger charge is 2.41. The average Bonchev–Trinajstić information content (AvgIpc) is 2.90. The number of hydrogen-bond donors (Lipinski definition) is 1. The van der Waals surface area contributed by atoms with Crippen LogP contribution in [0.4, 0.5) is 0 Å². The molecule has 35 heavy (non-hydrogen) atoms. The van der Waals surface area contributed by atoms with Crippen LogP contribution < -0.4 is 5.32 Å².